The Labute approximate surface area is 227 Å². The molecule has 7 rings (SSSR count). The normalized spacial score (nSPS) is 20.9. The van der Waals surface area contributed by atoms with Crippen LogP contribution >= 0.6 is 0 Å². The van der Waals surface area contributed by atoms with E-state index in [1.165, 1.54) is 4.90 Å². The Morgan fingerprint density at radius 3 is 2.51 bits per heavy atom. The summed E-state index contributed by atoms with van der Waals surface area (Å²) in [4.78, 5) is 30.1. The summed E-state index contributed by atoms with van der Waals surface area (Å²) in [5.41, 5.74) is 6.74. The van der Waals surface area contributed by atoms with E-state index in [-0.39, 0.29) is 24.3 Å². The molecule has 0 aromatic heterocycles. The molecule has 4 aromatic carbocycles. The monoisotopic (exact) mass is 516 g/mol. The summed E-state index contributed by atoms with van der Waals surface area (Å²) in [6.07, 6.45) is -0.144. The van der Waals surface area contributed by atoms with Crippen molar-refractivity contribution in [1.29, 1.82) is 0 Å². The average molecular weight is 517 g/mol. The molecule has 0 aliphatic carbocycles. The quantitative estimate of drug-likeness (QED) is 0.380. The fourth-order valence-electron chi connectivity index (χ4n) is 6.43. The number of aliphatic hydroxyl groups is 1. The maximum Gasteiger partial charge on any atom is 0.263 e. The van der Waals surface area contributed by atoms with Gasteiger partial charge in [0.15, 0.2) is 5.60 Å². The molecule has 194 valence electrons. The Kier molecular flexibility index (Phi) is 5.03. The first-order valence-electron chi connectivity index (χ1n) is 13.2. The van der Waals surface area contributed by atoms with Crippen LogP contribution in [0.2, 0.25) is 0 Å². The third kappa shape index (κ3) is 3.38. The average Bonchev–Trinajstić information content (AvgIpc) is 3.35. The van der Waals surface area contributed by atoms with Gasteiger partial charge >= 0.3 is 0 Å². The number of hydrogen-bond donors (Lipinski definition) is 1. The lowest BCUT2D eigenvalue weighted by Gasteiger charge is -2.31. The first kappa shape index (κ1) is 23.7. The van der Waals surface area contributed by atoms with Crippen molar-refractivity contribution in [3.05, 3.63) is 112 Å². The van der Waals surface area contributed by atoms with E-state index in [1.54, 1.807) is 11.9 Å². The van der Waals surface area contributed by atoms with E-state index < -0.39 is 5.60 Å². The second kappa shape index (κ2) is 8.29. The zero-order valence-corrected chi connectivity index (χ0v) is 22.1. The molecule has 2 amide bonds. The Morgan fingerprint density at radius 1 is 0.974 bits per heavy atom. The van der Waals surface area contributed by atoms with Crippen LogP contribution in [0.15, 0.2) is 78.9 Å². The fraction of sp³-hybridized carbons (Fsp3) is 0.212. The predicted molar refractivity (Wildman–Crippen MR) is 150 cm³/mol. The van der Waals surface area contributed by atoms with E-state index in [0.717, 1.165) is 44.8 Å². The maximum absolute atomic E-state index is 13.4. The molecule has 0 bridgehead atoms. The Bertz CT molecular complexity index is 1700. The molecule has 0 spiro atoms. The molecule has 4 aromatic rings. The van der Waals surface area contributed by atoms with Crippen molar-refractivity contribution in [3.63, 3.8) is 0 Å². The Balaban J connectivity index is 1.37. The Hall–Kier alpha value is -4.42. The van der Waals surface area contributed by atoms with Crippen LogP contribution in [0.1, 0.15) is 51.2 Å². The van der Waals surface area contributed by atoms with Crippen molar-refractivity contribution >= 4 is 23.2 Å². The zero-order chi connectivity index (χ0) is 27.1. The van der Waals surface area contributed by atoms with Gasteiger partial charge in [0, 0.05) is 41.4 Å². The van der Waals surface area contributed by atoms with Crippen LogP contribution in [0.25, 0.3) is 11.1 Å². The summed E-state index contributed by atoms with van der Waals surface area (Å²) in [5.74, 6) is 0.360. The number of para-hydroxylation sites is 2. The van der Waals surface area contributed by atoms with Gasteiger partial charge in [0.1, 0.15) is 11.9 Å². The summed E-state index contributed by atoms with van der Waals surface area (Å²) >= 11 is 0. The minimum Gasteiger partial charge on any atom is -0.485 e. The van der Waals surface area contributed by atoms with Gasteiger partial charge in [0.05, 0.1) is 12.2 Å². The first-order chi connectivity index (χ1) is 18.8. The lowest BCUT2D eigenvalue weighted by atomic mass is 9.81. The van der Waals surface area contributed by atoms with E-state index in [2.05, 4.69) is 6.07 Å². The molecular formula is C33H28N2O4. The molecule has 0 unspecified atom stereocenters. The summed E-state index contributed by atoms with van der Waals surface area (Å²) in [6.45, 7) is 4.47. The summed E-state index contributed by atoms with van der Waals surface area (Å²) in [5, 5.41) is 11.9. The number of rotatable bonds is 3. The number of hydrogen-bond acceptors (Lipinski definition) is 4. The molecule has 3 aliphatic rings. The molecular weight excluding hydrogens is 488 g/mol. The molecule has 0 saturated carbocycles. The molecule has 6 heteroatoms. The summed E-state index contributed by atoms with van der Waals surface area (Å²) in [6, 6.07) is 25.2. The molecule has 0 saturated heterocycles. The van der Waals surface area contributed by atoms with Crippen LogP contribution in [-0.2, 0) is 23.4 Å². The number of likely N-dealkylation sites (N-methyl/N-ethyl adjacent to an activating group) is 1. The van der Waals surface area contributed by atoms with E-state index in [0.29, 0.717) is 23.4 Å². The SMILES string of the molecule is Cc1cc(C[C@]2(O)C(=O)N(C)c3ccccc32)c2c(c1)O[C@H](C)c1cc3c(cc1-2)CN(c1ccccc1)C3=O. The standard InChI is InChI=1S/C33H28N2O4/c1-19-13-21(17-33(38)27-11-7-8-12-28(27)34(3)32(33)37)30-26-15-22-18-35(23-9-5-4-6-10-23)31(36)25(22)16-24(26)20(2)39-29(30)14-19/h4-16,20,38H,17-18H2,1-3H3/t20-,33-/m1/s1. The van der Waals surface area contributed by atoms with Gasteiger partial charge in [-0.1, -0.05) is 42.5 Å². The number of amides is 2. The fourth-order valence-corrected chi connectivity index (χ4v) is 6.43. The number of anilines is 2. The van der Waals surface area contributed by atoms with Crippen molar-refractivity contribution in [2.24, 2.45) is 0 Å². The van der Waals surface area contributed by atoms with Crippen LogP contribution in [0.4, 0.5) is 11.4 Å². The first-order valence-corrected chi connectivity index (χ1v) is 13.2. The van der Waals surface area contributed by atoms with Gasteiger partial charge in [-0.05, 0) is 72.5 Å². The molecule has 2 atom stereocenters. The van der Waals surface area contributed by atoms with Crippen molar-refractivity contribution in [2.75, 3.05) is 16.8 Å². The lowest BCUT2D eigenvalue weighted by molar-refractivity contribution is -0.135. The molecule has 3 aliphatic heterocycles. The highest BCUT2D eigenvalue weighted by molar-refractivity contribution is 6.11. The zero-order valence-electron chi connectivity index (χ0n) is 22.1. The largest absolute Gasteiger partial charge is 0.485 e. The number of nitrogens with zero attached hydrogens (tertiary/aromatic N) is 2. The van der Waals surface area contributed by atoms with Crippen LogP contribution in [0, 0.1) is 6.92 Å². The number of carbonyl (C=O) groups is 2. The number of carbonyl (C=O) groups excluding carboxylic acids is 2. The van der Waals surface area contributed by atoms with Gasteiger partial charge < -0.3 is 19.6 Å². The highest BCUT2D eigenvalue weighted by Crippen LogP contribution is 2.49. The van der Waals surface area contributed by atoms with Gasteiger partial charge in [-0.15, -0.1) is 0 Å². The Morgan fingerprint density at radius 2 is 1.72 bits per heavy atom. The third-order valence-electron chi connectivity index (χ3n) is 8.30. The smallest absolute Gasteiger partial charge is 0.263 e. The van der Waals surface area contributed by atoms with E-state index >= 15 is 0 Å². The minimum absolute atomic E-state index is 0.0216. The van der Waals surface area contributed by atoms with Gasteiger partial charge in [0.25, 0.3) is 11.8 Å². The van der Waals surface area contributed by atoms with Gasteiger partial charge in [-0.3, -0.25) is 9.59 Å². The third-order valence-corrected chi connectivity index (χ3v) is 8.30. The molecule has 3 heterocycles. The van der Waals surface area contributed by atoms with Crippen LogP contribution in [0.5, 0.6) is 5.75 Å². The summed E-state index contributed by atoms with van der Waals surface area (Å²) in [7, 11) is 1.70. The van der Waals surface area contributed by atoms with Crippen molar-refractivity contribution in [3.8, 4) is 16.9 Å². The number of ether oxygens (including phenoxy) is 1. The topological polar surface area (TPSA) is 70.1 Å². The predicted octanol–water partition coefficient (Wildman–Crippen LogP) is 5.68. The number of fused-ring (bicyclic) bond motifs is 5. The second-order valence-corrected chi connectivity index (χ2v) is 10.8. The van der Waals surface area contributed by atoms with Crippen LogP contribution in [0.3, 0.4) is 0 Å². The van der Waals surface area contributed by atoms with Gasteiger partial charge in [-0.25, -0.2) is 0 Å². The van der Waals surface area contributed by atoms with Crippen molar-refractivity contribution in [2.45, 2.75) is 38.5 Å². The van der Waals surface area contributed by atoms with Crippen LogP contribution < -0.4 is 14.5 Å². The molecule has 0 fully saturated rings. The molecule has 1 N–H and O–H groups in total. The van der Waals surface area contributed by atoms with Crippen molar-refractivity contribution < 1.29 is 19.4 Å². The summed E-state index contributed by atoms with van der Waals surface area (Å²) < 4.78 is 6.40. The molecule has 39 heavy (non-hydrogen) atoms. The second-order valence-electron chi connectivity index (χ2n) is 10.8. The lowest BCUT2D eigenvalue weighted by Crippen LogP contribution is -2.40. The molecule has 0 radical (unpaired) electrons. The van der Waals surface area contributed by atoms with Crippen LogP contribution in [-0.4, -0.2) is 24.0 Å². The maximum atomic E-state index is 13.4. The number of aryl methyl sites for hydroxylation is 1. The van der Waals surface area contributed by atoms with E-state index in [4.69, 9.17) is 4.74 Å². The van der Waals surface area contributed by atoms with Gasteiger partial charge in [0.2, 0.25) is 0 Å². The highest BCUT2D eigenvalue weighted by Gasteiger charge is 2.49. The minimum atomic E-state index is -1.69. The highest BCUT2D eigenvalue weighted by atomic mass is 16.5. The number of benzene rings is 4. The van der Waals surface area contributed by atoms with Crippen molar-refractivity contribution in [1.82, 2.24) is 0 Å². The molecule has 6 nitrogen and oxygen atoms in total. The van der Waals surface area contributed by atoms with E-state index in [1.807, 2.05) is 86.6 Å². The van der Waals surface area contributed by atoms with E-state index in [9.17, 15) is 14.7 Å². The van der Waals surface area contributed by atoms with Gasteiger partial charge in [-0.2, -0.15) is 0 Å².